The Balaban J connectivity index is 0.00000259. The number of benzene rings is 1. The molecule has 1 N–H and O–H groups in total. The summed E-state index contributed by atoms with van der Waals surface area (Å²) in [7, 11) is 2.01. The van der Waals surface area contributed by atoms with Crippen molar-refractivity contribution in [3.8, 4) is 11.6 Å². The lowest BCUT2D eigenvalue weighted by Gasteiger charge is -2.10. The van der Waals surface area contributed by atoms with Crippen LogP contribution in [0.25, 0.3) is 16.9 Å². The molecule has 3 aromatic heterocycles. The van der Waals surface area contributed by atoms with Gasteiger partial charge < -0.3 is 14.6 Å². The SMILES string of the molecule is Cl.Cn1c2c(c3ccc(-n4ccc(OCc5ccc(F)cc5F)cc4=O)nc31)CNCCC2. The zero-order valence-electron chi connectivity index (χ0n) is 18.0. The number of halogens is 3. The van der Waals surface area contributed by atoms with Crippen molar-refractivity contribution in [2.24, 2.45) is 7.05 Å². The largest absolute Gasteiger partial charge is 0.489 e. The van der Waals surface area contributed by atoms with Crippen LogP contribution in [-0.4, -0.2) is 20.7 Å². The summed E-state index contributed by atoms with van der Waals surface area (Å²) in [5.41, 5.74) is 3.28. The van der Waals surface area contributed by atoms with Crippen molar-refractivity contribution >= 4 is 23.4 Å². The maximum Gasteiger partial charge on any atom is 0.259 e. The predicted octanol–water partition coefficient (Wildman–Crippen LogP) is 4.04. The monoisotopic (exact) mass is 472 g/mol. The molecule has 0 spiro atoms. The molecule has 0 fully saturated rings. The normalized spacial score (nSPS) is 13.3. The van der Waals surface area contributed by atoms with E-state index in [0.29, 0.717) is 11.6 Å². The highest BCUT2D eigenvalue weighted by molar-refractivity contribution is 5.85. The molecule has 4 aromatic rings. The fourth-order valence-electron chi connectivity index (χ4n) is 4.20. The van der Waals surface area contributed by atoms with E-state index < -0.39 is 11.6 Å². The Morgan fingerprint density at radius 1 is 1.15 bits per heavy atom. The van der Waals surface area contributed by atoms with Gasteiger partial charge in [-0.25, -0.2) is 13.8 Å². The molecule has 1 aliphatic rings. The first-order valence-corrected chi connectivity index (χ1v) is 10.5. The van der Waals surface area contributed by atoms with Gasteiger partial charge in [0.1, 0.15) is 35.5 Å². The molecule has 0 saturated carbocycles. The van der Waals surface area contributed by atoms with Gasteiger partial charge in [-0.1, -0.05) is 0 Å². The molecule has 0 aliphatic carbocycles. The number of hydrogen-bond acceptors (Lipinski definition) is 4. The number of aromatic nitrogens is 3. The molecule has 4 heterocycles. The van der Waals surface area contributed by atoms with Gasteiger partial charge in [0, 0.05) is 48.6 Å². The Labute approximate surface area is 195 Å². The first-order valence-electron chi connectivity index (χ1n) is 10.5. The van der Waals surface area contributed by atoms with E-state index >= 15 is 0 Å². The van der Waals surface area contributed by atoms with Gasteiger partial charge in [0.2, 0.25) is 0 Å². The number of pyridine rings is 2. The van der Waals surface area contributed by atoms with Crippen LogP contribution < -0.4 is 15.6 Å². The minimum Gasteiger partial charge on any atom is -0.489 e. The van der Waals surface area contributed by atoms with E-state index in [1.165, 1.54) is 34.0 Å². The number of rotatable bonds is 4. The van der Waals surface area contributed by atoms with Crippen molar-refractivity contribution in [3.63, 3.8) is 0 Å². The fraction of sp³-hybridized carbons (Fsp3) is 0.250. The third kappa shape index (κ3) is 4.36. The number of fused-ring (bicyclic) bond motifs is 3. The molecule has 1 aromatic carbocycles. The summed E-state index contributed by atoms with van der Waals surface area (Å²) in [6.45, 7) is 1.70. The van der Waals surface area contributed by atoms with Crippen LogP contribution in [0.4, 0.5) is 8.78 Å². The number of nitrogens with zero attached hydrogens (tertiary/aromatic N) is 3. The van der Waals surface area contributed by atoms with Crippen molar-refractivity contribution in [1.29, 1.82) is 0 Å². The molecule has 9 heteroatoms. The van der Waals surface area contributed by atoms with Gasteiger partial charge >= 0.3 is 0 Å². The molecule has 0 unspecified atom stereocenters. The maximum atomic E-state index is 13.8. The third-order valence-corrected chi connectivity index (χ3v) is 5.87. The Morgan fingerprint density at radius 3 is 2.79 bits per heavy atom. The van der Waals surface area contributed by atoms with E-state index in [-0.39, 0.29) is 30.1 Å². The molecule has 6 nitrogen and oxygen atoms in total. The van der Waals surface area contributed by atoms with Crippen molar-refractivity contribution in [3.05, 3.63) is 87.5 Å². The van der Waals surface area contributed by atoms with E-state index in [0.717, 1.165) is 43.0 Å². The van der Waals surface area contributed by atoms with E-state index in [1.54, 1.807) is 12.3 Å². The zero-order valence-corrected chi connectivity index (χ0v) is 18.8. The maximum absolute atomic E-state index is 13.8. The van der Waals surface area contributed by atoms with Gasteiger partial charge in [0.05, 0.1) is 0 Å². The Morgan fingerprint density at radius 2 is 2.00 bits per heavy atom. The van der Waals surface area contributed by atoms with E-state index in [4.69, 9.17) is 9.72 Å². The van der Waals surface area contributed by atoms with Crippen molar-refractivity contribution in [1.82, 2.24) is 19.4 Å². The highest BCUT2D eigenvalue weighted by atomic mass is 35.5. The van der Waals surface area contributed by atoms with Crippen LogP contribution in [0.2, 0.25) is 0 Å². The summed E-state index contributed by atoms with van der Waals surface area (Å²) in [6, 6.07) is 10.1. The number of hydrogen-bond donors (Lipinski definition) is 1. The highest BCUT2D eigenvalue weighted by Gasteiger charge is 2.18. The topological polar surface area (TPSA) is 61.1 Å². The lowest BCUT2D eigenvalue weighted by molar-refractivity contribution is 0.298. The van der Waals surface area contributed by atoms with E-state index in [1.807, 2.05) is 19.2 Å². The molecule has 0 radical (unpaired) electrons. The second-order valence-electron chi connectivity index (χ2n) is 7.90. The quantitative estimate of drug-likeness (QED) is 0.487. The van der Waals surface area contributed by atoms with Crippen LogP contribution in [0, 0.1) is 11.6 Å². The van der Waals surface area contributed by atoms with Gasteiger partial charge in [0.25, 0.3) is 5.56 Å². The van der Waals surface area contributed by atoms with Crippen LogP contribution in [0.15, 0.2) is 53.5 Å². The van der Waals surface area contributed by atoms with Gasteiger partial charge in [0.15, 0.2) is 0 Å². The standard InChI is InChI=1S/C24H22F2N4O2.ClH/c1-29-21-3-2-9-27-13-19(21)18-6-7-22(28-24(18)29)30-10-8-17(12-23(30)31)32-14-15-4-5-16(25)11-20(15)26;/h4-8,10-12,27H,2-3,9,13-14H2,1H3;1H. The molecule has 33 heavy (non-hydrogen) atoms. The minimum atomic E-state index is -0.688. The minimum absolute atomic E-state index is 0. The van der Waals surface area contributed by atoms with Crippen molar-refractivity contribution in [2.45, 2.75) is 26.0 Å². The lowest BCUT2D eigenvalue weighted by atomic mass is 10.1. The summed E-state index contributed by atoms with van der Waals surface area (Å²) in [6.07, 6.45) is 3.65. The summed E-state index contributed by atoms with van der Waals surface area (Å²) < 4.78 is 35.9. The fourth-order valence-corrected chi connectivity index (χ4v) is 4.20. The number of ether oxygens (including phenoxy) is 1. The van der Waals surface area contributed by atoms with Gasteiger partial charge in [-0.3, -0.25) is 9.36 Å². The third-order valence-electron chi connectivity index (χ3n) is 5.87. The van der Waals surface area contributed by atoms with E-state index in [2.05, 4.69) is 9.88 Å². The van der Waals surface area contributed by atoms with Crippen LogP contribution in [0.5, 0.6) is 5.75 Å². The molecular formula is C24H23ClF2N4O2. The number of aryl methyl sites for hydroxylation is 1. The Kier molecular flexibility index (Phi) is 6.49. The summed E-state index contributed by atoms with van der Waals surface area (Å²) >= 11 is 0. The van der Waals surface area contributed by atoms with Gasteiger partial charge in [-0.15, -0.1) is 12.4 Å². The average molecular weight is 473 g/mol. The first-order chi connectivity index (χ1) is 15.5. The first kappa shape index (κ1) is 22.9. The molecule has 0 bridgehead atoms. The summed E-state index contributed by atoms with van der Waals surface area (Å²) in [5, 5.41) is 4.54. The van der Waals surface area contributed by atoms with Gasteiger partial charge in [-0.2, -0.15) is 0 Å². The molecule has 1 aliphatic heterocycles. The molecule has 0 atom stereocenters. The molecular weight excluding hydrogens is 450 g/mol. The van der Waals surface area contributed by atoms with Crippen LogP contribution >= 0.6 is 12.4 Å². The van der Waals surface area contributed by atoms with Crippen LogP contribution in [-0.2, 0) is 26.6 Å². The molecule has 0 saturated heterocycles. The number of nitrogens with one attached hydrogen (secondary N) is 1. The zero-order chi connectivity index (χ0) is 22.2. The second-order valence-corrected chi connectivity index (χ2v) is 7.90. The molecule has 0 amide bonds. The smallest absolute Gasteiger partial charge is 0.259 e. The Bertz CT molecular complexity index is 1380. The predicted molar refractivity (Wildman–Crippen MR) is 124 cm³/mol. The molecule has 5 rings (SSSR count). The molecule has 172 valence electrons. The van der Waals surface area contributed by atoms with Crippen molar-refractivity contribution < 1.29 is 13.5 Å². The Hall–Kier alpha value is -3.23. The highest BCUT2D eigenvalue weighted by Crippen LogP contribution is 2.27. The van der Waals surface area contributed by atoms with Crippen LogP contribution in [0.3, 0.4) is 0 Å². The van der Waals surface area contributed by atoms with E-state index in [9.17, 15) is 13.6 Å². The lowest BCUT2D eigenvalue weighted by Crippen LogP contribution is -2.18. The van der Waals surface area contributed by atoms with Crippen molar-refractivity contribution in [2.75, 3.05) is 6.54 Å². The second kappa shape index (κ2) is 9.33. The summed E-state index contributed by atoms with van der Waals surface area (Å²) in [4.78, 5) is 17.5. The van der Waals surface area contributed by atoms with Gasteiger partial charge in [-0.05, 0) is 55.3 Å². The average Bonchev–Trinajstić information content (AvgIpc) is 2.93. The summed E-state index contributed by atoms with van der Waals surface area (Å²) in [5.74, 6) is -0.522. The van der Waals surface area contributed by atoms with Crippen LogP contribution in [0.1, 0.15) is 23.2 Å².